The Morgan fingerprint density at radius 1 is 0.708 bits per heavy atom. The molecule has 0 aliphatic rings. The van der Waals surface area contributed by atoms with Crippen molar-refractivity contribution in [1.82, 2.24) is 0 Å². The van der Waals surface area contributed by atoms with Crippen LogP contribution < -0.4 is 15.9 Å². The molecule has 0 atom stereocenters. The van der Waals surface area contributed by atoms with E-state index in [0.29, 0.717) is 10.9 Å². The van der Waals surface area contributed by atoms with E-state index in [2.05, 4.69) is 0 Å². The Labute approximate surface area is 141 Å². The molecule has 3 aromatic carbocycles. The van der Waals surface area contributed by atoms with Crippen molar-refractivity contribution in [3.63, 3.8) is 0 Å². The maximum absolute atomic E-state index is 14.1. The lowest BCUT2D eigenvalue weighted by atomic mass is 10.2. The van der Waals surface area contributed by atoms with Crippen molar-refractivity contribution < 1.29 is 14.1 Å². The molecular weight excluding hydrogens is 319 g/mol. The van der Waals surface area contributed by atoms with Gasteiger partial charge in [-0.05, 0) is 12.1 Å². The first-order valence-electron chi connectivity index (χ1n) is 7.56. The Morgan fingerprint density at radius 2 is 1.12 bits per heavy atom. The van der Waals surface area contributed by atoms with Gasteiger partial charge < -0.3 is 9.30 Å². The highest BCUT2D eigenvalue weighted by molar-refractivity contribution is 7.85. The van der Waals surface area contributed by atoms with E-state index in [4.69, 9.17) is 4.74 Å². The van der Waals surface area contributed by atoms with E-state index in [1.165, 1.54) is 7.11 Å². The summed E-state index contributed by atoms with van der Waals surface area (Å²) in [4.78, 5) is 11.6. The van der Waals surface area contributed by atoms with Crippen molar-refractivity contribution in [2.45, 2.75) is 0 Å². The normalized spacial score (nSPS) is 11.0. The van der Waals surface area contributed by atoms with E-state index in [1.54, 1.807) is 24.3 Å². The minimum absolute atomic E-state index is 0.407. The van der Waals surface area contributed by atoms with Gasteiger partial charge in [-0.25, -0.2) is 4.79 Å². The molecule has 4 heteroatoms. The van der Waals surface area contributed by atoms with Crippen molar-refractivity contribution in [3.05, 3.63) is 90.5 Å². The number of rotatable bonds is 4. The maximum Gasteiger partial charge on any atom is 0.337 e. The summed E-state index contributed by atoms with van der Waals surface area (Å²) in [5, 5.41) is 2.22. The fraction of sp³-hybridized carbons (Fsp3) is 0.0500. The van der Waals surface area contributed by atoms with Gasteiger partial charge in [0.25, 0.3) is 0 Å². The zero-order valence-electron chi connectivity index (χ0n) is 13.3. The summed E-state index contributed by atoms with van der Waals surface area (Å²) >= 11 is 0. The van der Waals surface area contributed by atoms with E-state index >= 15 is 0 Å². The van der Waals surface area contributed by atoms with Crippen LogP contribution in [0.5, 0.6) is 0 Å². The van der Waals surface area contributed by atoms with E-state index in [0.717, 1.165) is 10.6 Å². The zero-order valence-corrected chi connectivity index (χ0v) is 14.1. The van der Waals surface area contributed by atoms with E-state index in [9.17, 15) is 9.36 Å². The highest BCUT2D eigenvalue weighted by Gasteiger charge is 2.29. The number of carbonyl (C=O) groups is 1. The lowest BCUT2D eigenvalue weighted by Crippen LogP contribution is -2.25. The third kappa shape index (κ3) is 2.91. The number of hydrogen-bond donors (Lipinski definition) is 0. The molecule has 0 amide bonds. The topological polar surface area (TPSA) is 43.4 Å². The second-order valence-electron chi connectivity index (χ2n) is 5.32. The monoisotopic (exact) mass is 336 g/mol. The summed E-state index contributed by atoms with van der Waals surface area (Å²) in [6, 6.07) is 25.6. The Kier molecular flexibility index (Phi) is 4.64. The Bertz CT molecular complexity index is 828. The third-order valence-corrected chi connectivity index (χ3v) is 6.97. The molecular formula is C20H17O3P. The van der Waals surface area contributed by atoms with Crippen LogP contribution in [0.1, 0.15) is 10.4 Å². The first-order valence-corrected chi connectivity index (χ1v) is 9.27. The standard InChI is InChI=1S/C20H17O3P/c1-23-20(21)16-12-14-19(15-13-16)24(22,17-8-4-2-5-9-17)18-10-6-3-7-11-18/h2-15H,1H3. The molecule has 0 saturated heterocycles. The molecule has 0 unspecified atom stereocenters. The Morgan fingerprint density at radius 3 is 1.54 bits per heavy atom. The van der Waals surface area contributed by atoms with E-state index in [-0.39, 0.29) is 0 Å². The third-order valence-electron chi connectivity index (χ3n) is 3.89. The number of hydrogen-bond acceptors (Lipinski definition) is 3. The molecule has 0 spiro atoms. The van der Waals surface area contributed by atoms with Crippen LogP contribution in [-0.4, -0.2) is 13.1 Å². The summed E-state index contributed by atoms with van der Waals surface area (Å²) in [6.07, 6.45) is 0. The molecule has 0 N–H and O–H groups in total. The van der Waals surface area contributed by atoms with Gasteiger partial charge in [0.15, 0.2) is 7.14 Å². The lowest BCUT2D eigenvalue weighted by Gasteiger charge is -2.20. The summed E-state index contributed by atoms with van der Waals surface area (Å²) in [5.74, 6) is -0.407. The van der Waals surface area contributed by atoms with Gasteiger partial charge in [0.2, 0.25) is 0 Å². The van der Waals surface area contributed by atoms with Gasteiger partial charge in [-0.1, -0.05) is 72.8 Å². The summed E-state index contributed by atoms with van der Waals surface area (Å²) in [7, 11) is -1.64. The highest BCUT2D eigenvalue weighted by Crippen LogP contribution is 2.42. The molecule has 0 aliphatic heterocycles. The molecule has 3 nitrogen and oxygen atoms in total. The number of carbonyl (C=O) groups excluding carboxylic acids is 1. The quantitative estimate of drug-likeness (QED) is 0.543. The predicted octanol–water partition coefficient (Wildman–Crippen LogP) is 3.11. The van der Waals surface area contributed by atoms with Gasteiger partial charge >= 0.3 is 5.97 Å². The summed E-state index contributed by atoms with van der Waals surface area (Å²) in [5.41, 5.74) is 0.439. The molecule has 0 aromatic heterocycles. The maximum atomic E-state index is 14.1. The molecule has 0 bridgehead atoms. The molecule has 0 fully saturated rings. The SMILES string of the molecule is COC(=O)c1ccc(P(=O)(c2ccccc2)c2ccccc2)cc1. The van der Waals surface area contributed by atoms with Gasteiger partial charge in [-0.15, -0.1) is 0 Å². The van der Waals surface area contributed by atoms with Crippen LogP contribution >= 0.6 is 7.14 Å². The first kappa shape index (κ1) is 16.2. The van der Waals surface area contributed by atoms with Crippen molar-refractivity contribution in [3.8, 4) is 0 Å². The van der Waals surface area contributed by atoms with Crippen LogP contribution in [0.4, 0.5) is 0 Å². The van der Waals surface area contributed by atoms with Crippen molar-refractivity contribution >= 4 is 29.0 Å². The Balaban J connectivity index is 2.16. The average molecular weight is 336 g/mol. The lowest BCUT2D eigenvalue weighted by molar-refractivity contribution is 0.0601. The van der Waals surface area contributed by atoms with Crippen molar-refractivity contribution in [2.24, 2.45) is 0 Å². The molecule has 24 heavy (non-hydrogen) atoms. The fourth-order valence-corrected chi connectivity index (χ4v) is 5.30. The number of ether oxygens (including phenoxy) is 1. The number of esters is 1. The summed E-state index contributed by atoms with van der Waals surface area (Å²) in [6.45, 7) is 0. The molecule has 3 rings (SSSR count). The smallest absolute Gasteiger partial charge is 0.337 e. The largest absolute Gasteiger partial charge is 0.465 e. The first-order chi connectivity index (χ1) is 11.7. The van der Waals surface area contributed by atoms with Crippen LogP contribution in [0.15, 0.2) is 84.9 Å². The van der Waals surface area contributed by atoms with Crippen LogP contribution in [-0.2, 0) is 9.30 Å². The fourth-order valence-electron chi connectivity index (χ4n) is 2.65. The van der Waals surface area contributed by atoms with Crippen molar-refractivity contribution in [2.75, 3.05) is 7.11 Å². The Hall–Kier alpha value is -2.64. The van der Waals surface area contributed by atoms with Crippen LogP contribution in [0, 0.1) is 0 Å². The van der Waals surface area contributed by atoms with Gasteiger partial charge in [-0.2, -0.15) is 0 Å². The molecule has 0 aliphatic carbocycles. The highest BCUT2D eigenvalue weighted by atomic mass is 31.2. The number of benzene rings is 3. The molecule has 0 heterocycles. The van der Waals surface area contributed by atoms with E-state index < -0.39 is 13.1 Å². The van der Waals surface area contributed by atoms with Gasteiger partial charge in [0.1, 0.15) is 0 Å². The van der Waals surface area contributed by atoms with Crippen LogP contribution in [0.25, 0.3) is 0 Å². The number of methoxy groups -OCH3 is 1. The molecule has 120 valence electrons. The van der Waals surface area contributed by atoms with Gasteiger partial charge in [0, 0.05) is 15.9 Å². The van der Waals surface area contributed by atoms with Crippen LogP contribution in [0.3, 0.4) is 0 Å². The van der Waals surface area contributed by atoms with Crippen LogP contribution in [0.2, 0.25) is 0 Å². The predicted molar refractivity (Wildman–Crippen MR) is 97.2 cm³/mol. The van der Waals surface area contributed by atoms with E-state index in [1.807, 2.05) is 60.7 Å². The minimum Gasteiger partial charge on any atom is -0.465 e. The zero-order chi connectivity index (χ0) is 17.0. The van der Waals surface area contributed by atoms with Gasteiger partial charge in [0.05, 0.1) is 12.7 Å². The molecule has 0 radical (unpaired) electrons. The van der Waals surface area contributed by atoms with Gasteiger partial charge in [-0.3, -0.25) is 0 Å². The summed E-state index contributed by atoms with van der Waals surface area (Å²) < 4.78 is 18.8. The molecule has 3 aromatic rings. The average Bonchev–Trinajstić information content (AvgIpc) is 2.68. The molecule has 0 saturated carbocycles. The van der Waals surface area contributed by atoms with Crippen molar-refractivity contribution in [1.29, 1.82) is 0 Å². The second-order valence-corrected chi connectivity index (χ2v) is 8.09. The minimum atomic E-state index is -2.99. The second kappa shape index (κ2) is 6.86.